The molecule has 0 aliphatic rings. The van der Waals surface area contributed by atoms with E-state index in [1.54, 1.807) is 6.07 Å². The summed E-state index contributed by atoms with van der Waals surface area (Å²) in [6.45, 7) is 3.89. The van der Waals surface area contributed by atoms with Gasteiger partial charge in [0.15, 0.2) is 5.11 Å². The molecule has 0 heterocycles. The van der Waals surface area contributed by atoms with Crippen molar-refractivity contribution in [3.8, 4) is 0 Å². The summed E-state index contributed by atoms with van der Waals surface area (Å²) in [7, 11) is 0. The Morgan fingerprint density at radius 2 is 1.70 bits per heavy atom. The normalized spacial score (nSPS) is 10.2. The second-order valence-electron chi connectivity index (χ2n) is 4.50. The van der Waals surface area contributed by atoms with Crippen LogP contribution < -0.4 is 10.6 Å². The molecule has 2 nitrogen and oxygen atoms in total. The predicted octanol–water partition coefficient (Wildman–Crippen LogP) is 5.01. The van der Waals surface area contributed by atoms with Crippen molar-refractivity contribution in [1.82, 2.24) is 0 Å². The first kappa shape index (κ1) is 14.9. The molecule has 0 bridgehead atoms. The number of thiocarbonyl (C=S) groups is 1. The van der Waals surface area contributed by atoms with Crippen LogP contribution in [0.25, 0.3) is 0 Å². The van der Waals surface area contributed by atoms with Crippen LogP contribution in [0.4, 0.5) is 15.8 Å². The molecular weight excluding hydrogens is 339 g/mol. The van der Waals surface area contributed by atoms with Gasteiger partial charge in [-0.3, -0.25) is 0 Å². The molecule has 0 atom stereocenters. The molecule has 0 fully saturated rings. The third-order valence-corrected chi connectivity index (χ3v) is 3.58. The molecule has 2 aromatic rings. The summed E-state index contributed by atoms with van der Waals surface area (Å²) in [6.07, 6.45) is 0. The van der Waals surface area contributed by atoms with E-state index in [1.165, 1.54) is 12.1 Å². The van der Waals surface area contributed by atoms with Crippen LogP contribution in [0.3, 0.4) is 0 Å². The van der Waals surface area contributed by atoms with Gasteiger partial charge in [0.05, 0.1) is 0 Å². The van der Waals surface area contributed by atoms with E-state index < -0.39 is 0 Å². The Kier molecular flexibility index (Phi) is 4.73. The molecule has 0 amide bonds. The lowest BCUT2D eigenvalue weighted by atomic mass is 10.2. The summed E-state index contributed by atoms with van der Waals surface area (Å²) in [4.78, 5) is 0. The average molecular weight is 353 g/mol. The van der Waals surface area contributed by atoms with Crippen molar-refractivity contribution < 1.29 is 4.39 Å². The minimum Gasteiger partial charge on any atom is -0.332 e. The molecular formula is C15H14BrFN2S. The Balaban J connectivity index is 2.11. The third-order valence-electron chi connectivity index (χ3n) is 2.88. The number of benzene rings is 2. The molecule has 0 saturated carbocycles. The SMILES string of the molecule is Cc1cc(Br)ccc1NC(=S)Nc1cc(F)ccc1C. The smallest absolute Gasteiger partial charge is 0.175 e. The van der Waals surface area contributed by atoms with Crippen molar-refractivity contribution in [2.24, 2.45) is 0 Å². The first-order valence-electron chi connectivity index (χ1n) is 6.06. The molecule has 0 radical (unpaired) electrons. The molecule has 0 aromatic heterocycles. The molecule has 104 valence electrons. The minimum atomic E-state index is -0.291. The monoisotopic (exact) mass is 352 g/mol. The molecule has 2 aromatic carbocycles. The van der Waals surface area contributed by atoms with Gasteiger partial charge in [-0.15, -0.1) is 0 Å². The second-order valence-corrected chi connectivity index (χ2v) is 5.82. The van der Waals surface area contributed by atoms with Gasteiger partial charge >= 0.3 is 0 Å². The Bertz CT molecular complexity index is 658. The first-order valence-corrected chi connectivity index (χ1v) is 7.26. The maximum absolute atomic E-state index is 13.2. The van der Waals surface area contributed by atoms with Crippen LogP contribution in [-0.2, 0) is 0 Å². The molecule has 2 rings (SSSR count). The average Bonchev–Trinajstić information content (AvgIpc) is 2.37. The minimum absolute atomic E-state index is 0.291. The van der Waals surface area contributed by atoms with Crippen molar-refractivity contribution in [2.75, 3.05) is 10.6 Å². The van der Waals surface area contributed by atoms with Crippen molar-refractivity contribution in [1.29, 1.82) is 0 Å². The van der Waals surface area contributed by atoms with Gasteiger partial charge in [0.1, 0.15) is 5.82 Å². The molecule has 2 N–H and O–H groups in total. The quantitative estimate of drug-likeness (QED) is 0.742. The standard InChI is InChI=1S/C15H14BrFN2S/c1-9-3-5-12(17)8-14(9)19-15(20)18-13-6-4-11(16)7-10(13)2/h3-8H,1-2H3,(H2,18,19,20). The zero-order valence-electron chi connectivity index (χ0n) is 11.1. The summed E-state index contributed by atoms with van der Waals surface area (Å²) in [5.41, 5.74) is 3.58. The number of hydrogen-bond acceptors (Lipinski definition) is 1. The summed E-state index contributed by atoms with van der Waals surface area (Å²) in [5, 5.41) is 6.55. The lowest BCUT2D eigenvalue weighted by Gasteiger charge is -2.14. The van der Waals surface area contributed by atoms with Crippen LogP contribution in [0.1, 0.15) is 11.1 Å². The molecule has 0 spiro atoms. The highest BCUT2D eigenvalue weighted by Crippen LogP contribution is 2.21. The Morgan fingerprint density at radius 3 is 2.40 bits per heavy atom. The van der Waals surface area contributed by atoms with Crippen molar-refractivity contribution in [3.63, 3.8) is 0 Å². The molecule has 0 aliphatic heterocycles. The van der Waals surface area contributed by atoms with E-state index in [0.717, 1.165) is 21.3 Å². The van der Waals surface area contributed by atoms with Crippen LogP contribution >= 0.6 is 28.1 Å². The topological polar surface area (TPSA) is 24.1 Å². The second kappa shape index (κ2) is 6.33. The van der Waals surface area contributed by atoms with Crippen LogP contribution in [-0.4, -0.2) is 5.11 Å². The number of nitrogens with one attached hydrogen (secondary N) is 2. The van der Waals surface area contributed by atoms with Crippen LogP contribution in [0, 0.1) is 19.7 Å². The molecule has 0 aliphatic carbocycles. The van der Waals surface area contributed by atoms with Gasteiger partial charge in [-0.2, -0.15) is 0 Å². The number of aryl methyl sites for hydroxylation is 2. The molecule has 0 unspecified atom stereocenters. The first-order chi connectivity index (χ1) is 9.45. The zero-order chi connectivity index (χ0) is 14.7. The largest absolute Gasteiger partial charge is 0.332 e. The molecule has 0 saturated heterocycles. The number of anilines is 2. The van der Waals surface area contributed by atoms with Gasteiger partial charge in [-0.1, -0.05) is 22.0 Å². The van der Waals surface area contributed by atoms with E-state index >= 15 is 0 Å². The summed E-state index contributed by atoms with van der Waals surface area (Å²) in [6, 6.07) is 10.4. The van der Waals surface area contributed by atoms with Gasteiger partial charge in [0, 0.05) is 15.8 Å². The van der Waals surface area contributed by atoms with Crippen LogP contribution in [0.5, 0.6) is 0 Å². The van der Waals surface area contributed by atoms with Crippen molar-refractivity contribution in [2.45, 2.75) is 13.8 Å². The van der Waals surface area contributed by atoms with Gasteiger partial charge in [0.2, 0.25) is 0 Å². The fourth-order valence-electron chi connectivity index (χ4n) is 1.77. The number of halogens is 2. The van der Waals surface area contributed by atoms with Gasteiger partial charge in [0.25, 0.3) is 0 Å². The van der Waals surface area contributed by atoms with E-state index in [0.29, 0.717) is 10.8 Å². The number of hydrogen-bond donors (Lipinski definition) is 2. The number of rotatable bonds is 2. The Hall–Kier alpha value is -1.46. The zero-order valence-corrected chi connectivity index (χ0v) is 13.5. The highest BCUT2D eigenvalue weighted by molar-refractivity contribution is 9.10. The van der Waals surface area contributed by atoms with E-state index in [9.17, 15) is 4.39 Å². The third kappa shape index (κ3) is 3.77. The summed E-state index contributed by atoms with van der Waals surface area (Å²) < 4.78 is 14.2. The van der Waals surface area contributed by atoms with Gasteiger partial charge in [-0.25, -0.2) is 4.39 Å². The maximum Gasteiger partial charge on any atom is 0.175 e. The van der Waals surface area contributed by atoms with E-state index in [1.807, 2.05) is 32.0 Å². The predicted molar refractivity (Wildman–Crippen MR) is 89.9 cm³/mol. The Labute approximate surface area is 131 Å². The fraction of sp³-hybridized carbons (Fsp3) is 0.133. The highest BCUT2D eigenvalue weighted by atomic mass is 79.9. The Morgan fingerprint density at radius 1 is 1.00 bits per heavy atom. The molecule has 5 heteroatoms. The van der Waals surface area contributed by atoms with Gasteiger partial charge < -0.3 is 10.6 Å². The fourth-order valence-corrected chi connectivity index (χ4v) is 2.47. The summed E-state index contributed by atoms with van der Waals surface area (Å²) >= 11 is 8.67. The lowest BCUT2D eigenvalue weighted by Crippen LogP contribution is -2.20. The van der Waals surface area contributed by atoms with E-state index in [-0.39, 0.29) is 5.82 Å². The van der Waals surface area contributed by atoms with Crippen LogP contribution in [0.15, 0.2) is 40.9 Å². The van der Waals surface area contributed by atoms with E-state index in [2.05, 4.69) is 26.6 Å². The summed E-state index contributed by atoms with van der Waals surface area (Å²) in [5.74, 6) is -0.291. The lowest BCUT2D eigenvalue weighted by molar-refractivity contribution is 0.628. The highest BCUT2D eigenvalue weighted by Gasteiger charge is 2.05. The maximum atomic E-state index is 13.2. The van der Waals surface area contributed by atoms with Gasteiger partial charge in [-0.05, 0) is 67.5 Å². The van der Waals surface area contributed by atoms with Crippen molar-refractivity contribution in [3.05, 3.63) is 57.8 Å². The van der Waals surface area contributed by atoms with Crippen molar-refractivity contribution >= 4 is 44.6 Å². The van der Waals surface area contributed by atoms with Crippen LogP contribution in [0.2, 0.25) is 0 Å². The molecule has 20 heavy (non-hydrogen) atoms. The van der Waals surface area contributed by atoms with E-state index in [4.69, 9.17) is 12.2 Å².